The van der Waals surface area contributed by atoms with Gasteiger partial charge in [-0.15, -0.1) is 0 Å². The first kappa shape index (κ1) is 12.9. The fraction of sp³-hybridized carbons (Fsp3) is 0.733. The van der Waals surface area contributed by atoms with E-state index < -0.39 is 0 Å². The van der Waals surface area contributed by atoms with E-state index in [2.05, 4.69) is 16.9 Å². The predicted octanol–water partition coefficient (Wildman–Crippen LogP) is 2.55. The SMILES string of the molecule is CN1C2CCC1CC(c1nc(=S)c3c([nH]1)CCOC3)C2. The van der Waals surface area contributed by atoms with Gasteiger partial charge in [-0.25, -0.2) is 4.98 Å². The van der Waals surface area contributed by atoms with Crippen molar-refractivity contribution in [2.45, 2.75) is 56.7 Å². The molecule has 4 heterocycles. The van der Waals surface area contributed by atoms with E-state index in [0.29, 0.717) is 12.5 Å². The third kappa shape index (κ3) is 2.03. The smallest absolute Gasteiger partial charge is 0.135 e. The summed E-state index contributed by atoms with van der Waals surface area (Å²) in [5.74, 6) is 1.68. The number of nitrogens with zero attached hydrogens (tertiary/aromatic N) is 2. The Morgan fingerprint density at radius 3 is 2.80 bits per heavy atom. The molecule has 2 atom stereocenters. The Bertz CT molecular complexity index is 571. The highest BCUT2D eigenvalue weighted by Gasteiger charge is 2.39. The summed E-state index contributed by atoms with van der Waals surface area (Å²) in [5.41, 5.74) is 2.36. The Kier molecular flexibility index (Phi) is 3.16. The van der Waals surface area contributed by atoms with Crippen LogP contribution in [0.3, 0.4) is 0 Å². The van der Waals surface area contributed by atoms with E-state index in [1.807, 2.05) is 0 Å². The Morgan fingerprint density at radius 1 is 1.30 bits per heavy atom. The van der Waals surface area contributed by atoms with Gasteiger partial charge in [0.05, 0.1) is 13.2 Å². The molecule has 0 aromatic carbocycles. The molecule has 2 saturated heterocycles. The molecule has 2 bridgehead atoms. The van der Waals surface area contributed by atoms with Crippen LogP contribution in [0.4, 0.5) is 0 Å². The summed E-state index contributed by atoms with van der Waals surface area (Å²) in [6.07, 6.45) is 6.07. The number of rotatable bonds is 1. The van der Waals surface area contributed by atoms with Crippen molar-refractivity contribution in [2.24, 2.45) is 0 Å². The fourth-order valence-electron chi connectivity index (χ4n) is 4.10. The molecule has 0 amide bonds. The molecule has 1 aromatic rings. The number of nitrogens with one attached hydrogen (secondary N) is 1. The first-order chi connectivity index (χ1) is 9.72. The van der Waals surface area contributed by atoms with Crippen molar-refractivity contribution >= 4 is 12.2 Å². The van der Waals surface area contributed by atoms with Gasteiger partial charge >= 0.3 is 0 Å². The topological polar surface area (TPSA) is 41.2 Å². The van der Waals surface area contributed by atoms with Crippen molar-refractivity contribution in [3.05, 3.63) is 21.7 Å². The number of aromatic amines is 1. The maximum Gasteiger partial charge on any atom is 0.135 e. The van der Waals surface area contributed by atoms with Crippen LogP contribution in [0.15, 0.2) is 0 Å². The third-order valence-corrected chi connectivity index (χ3v) is 5.69. The second-order valence-electron chi connectivity index (χ2n) is 6.41. The molecule has 2 unspecified atom stereocenters. The molecule has 20 heavy (non-hydrogen) atoms. The Labute approximate surface area is 124 Å². The average molecular weight is 291 g/mol. The van der Waals surface area contributed by atoms with E-state index in [4.69, 9.17) is 21.9 Å². The van der Waals surface area contributed by atoms with Gasteiger partial charge in [-0.05, 0) is 32.7 Å². The predicted molar refractivity (Wildman–Crippen MR) is 79.3 cm³/mol. The molecule has 3 aliphatic rings. The summed E-state index contributed by atoms with van der Waals surface area (Å²) in [6, 6.07) is 1.48. The number of hydrogen-bond donors (Lipinski definition) is 1. The van der Waals surface area contributed by atoms with E-state index in [-0.39, 0.29) is 0 Å². The highest BCUT2D eigenvalue weighted by molar-refractivity contribution is 7.71. The fourth-order valence-corrected chi connectivity index (χ4v) is 4.38. The van der Waals surface area contributed by atoms with Crippen molar-refractivity contribution in [1.29, 1.82) is 0 Å². The van der Waals surface area contributed by atoms with Crippen LogP contribution in [-0.2, 0) is 17.8 Å². The minimum absolute atomic E-state index is 0.554. The lowest BCUT2D eigenvalue weighted by molar-refractivity contribution is 0.108. The van der Waals surface area contributed by atoms with Crippen molar-refractivity contribution in [1.82, 2.24) is 14.9 Å². The van der Waals surface area contributed by atoms with Gasteiger partial charge in [-0.2, -0.15) is 0 Å². The van der Waals surface area contributed by atoms with E-state index in [1.54, 1.807) is 0 Å². The lowest BCUT2D eigenvalue weighted by atomic mass is 9.90. The minimum atomic E-state index is 0.554. The second kappa shape index (κ2) is 4.90. The normalized spacial score (nSPS) is 33.1. The van der Waals surface area contributed by atoms with Crippen molar-refractivity contribution in [2.75, 3.05) is 13.7 Å². The molecule has 0 spiro atoms. The summed E-state index contributed by atoms with van der Waals surface area (Å²) in [7, 11) is 2.28. The lowest BCUT2D eigenvalue weighted by Gasteiger charge is -2.36. The van der Waals surface area contributed by atoms with Gasteiger partial charge in [0, 0.05) is 35.7 Å². The first-order valence-corrected chi connectivity index (χ1v) is 8.05. The highest BCUT2D eigenvalue weighted by atomic mass is 32.1. The Hall–Kier alpha value is -0.780. The second-order valence-corrected chi connectivity index (χ2v) is 6.79. The molecule has 0 radical (unpaired) electrons. The van der Waals surface area contributed by atoms with Gasteiger partial charge in [0.1, 0.15) is 10.5 Å². The van der Waals surface area contributed by atoms with Gasteiger partial charge in [0.2, 0.25) is 0 Å². The van der Waals surface area contributed by atoms with E-state index >= 15 is 0 Å². The van der Waals surface area contributed by atoms with Crippen molar-refractivity contribution in [3.63, 3.8) is 0 Å². The van der Waals surface area contributed by atoms with Crippen LogP contribution in [0.25, 0.3) is 0 Å². The monoisotopic (exact) mass is 291 g/mol. The molecule has 108 valence electrons. The number of aromatic nitrogens is 2. The molecule has 0 aliphatic carbocycles. The maximum absolute atomic E-state index is 5.49. The Balaban J connectivity index is 1.66. The van der Waals surface area contributed by atoms with Crippen LogP contribution in [0, 0.1) is 4.64 Å². The summed E-state index contributed by atoms with van der Waals surface area (Å²) < 4.78 is 6.24. The van der Waals surface area contributed by atoms with Crippen LogP contribution in [0.1, 0.15) is 48.7 Å². The molecule has 2 fully saturated rings. The Morgan fingerprint density at radius 2 is 2.05 bits per heavy atom. The van der Waals surface area contributed by atoms with Gasteiger partial charge in [0.25, 0.3) is 0 Å². The van der Waals surface area contributed by atoms with Gasteiger partial charge in [-0.3, -0.25) is 0 Å². The third-order valence-electron chi connectivity index (χ3n) is 5.35. The van der Waals surface area contributed by atoms with E-state index in [1.165, 1.54) is 31.4 Å². The van der Waals surface area contributed by atoms with Crippen molar-refractivity contribution < 1.29 is 4.74 Å². The maximum atomic E-state index is 5.49. The van der Waals surface area contributed by atoms with Crippen LogP contribution < -0.4 is 0 Å². The van der Waals surface area contributed by atoms with Gasteiger partial charge in [-0.1, -0.05) is 12.2 Å². The molecule has 5 heteroatoms. The standard InChI is InChI=1S/C15H21N3OS/c1-18-10-2-3-11(18)7-9(6-10)14-16-13-4-5-19-8-12(13)15(20)17-14/h9-11H,2-8H2,1H3,(H,16,17,20). The zero-order valence-electron chi connectivity index (χ0n) is 11.9. The molecular weight excluding hydrogens is 270 g/mol. The van der Waals surface area contributed by atoms with Crippen LogP contribution in [0.5, 0.6) is 0 Å². The lowest BCUT2D eigenvalue weighted by Crippen LogP contribution is -2.39. The minimum Gasteiger partial charge on any atom is -0.376 e. The summed E-state index contributed by atoms with van der Waals surface area (Å²) >= 11 is 5.47. The zero-order chi connectivity index (χ0) is 13.7. The number of ether oxygens (including phenoxy) is 1. The molecule has 4 rings (SSSR count). The summed E-state index contributed by atoms with van der Waals surface area (Å²) in [6.45, 7) is 1.41. The molecule has 3 aliphatic heterocycles. The molecular formula is C15H21N3OS. The van der Waals surface area contributed by atoms with Gasteiger partial charge < -0.3 is 14.6 Å². The van der Waals surface area contributed by atoms with Crippen LogP contribution >= 0.6 is 12.2 Å². The van der Waals surface area contributed by atoms with Crippen LogP contribution in [-0.4, -0.2) is 40.6 Å². The number of fused-ring (bicyclic) bond motifs is 3. The van der Waals surface area contributed by atoms with Crippen LogP contribution in [0.2, 0.25) is 0 Å². The number of hydrogen-bond acceptors (Lipinski definition) is 4. The van der Waals surface area contributed by atoms with E-state index in [0.717, 1.165) is 41.1 Å². The number of piperidine rings is 1. The quantitative estimate of drug-likeness (QED) is 0.807. The van der Waals surface area contributed by atoms with Gasteiger partial charge in [0.15, 0.2) is 0 Å². The molecule has 0 saturated carbocycles. The number of H-pyrrole nitrogens is 1. The first-order valence-electron chi connectivity index (χ1n) is 7.64. The van der Waals surface area contributed by atoms with E-state index in [9.17, 15) is 0 Å². The van der Waals surface area contributed by atoms with Crippen molar-refractivity contribution in [3.8, 4) is 0 Å². The molecule has 1 N–H and O–H groups in total. The summed E-state index contributed by atoms with van der Waals surface area (Å²) in [5, 5.41) is 0. The zero-order valence-corrected chi connectivity index (χ0v) is 12.7. The highest BCUT2D eigenvalue weighted by Crippen LogP contribution is 2.41. The molecule has 4 nitrogen and oxygen atoms in total. The average Bonchev–Trinajstić information content (AvgIpc) is 2.68. The summed E-state index contributed by atoms with van der Waals surface area (Å²) in [4.78, 5) is 10.8. The largest absolute Gasteiger partial charge is 0.376 e. The molecule has 1 aromatic heterocycles.